The van der Waals surface area contributed by atoms with Gasteiger partial charge in [0.1, 0.15) is 0 Å². The largest absolute Gasteiger partial charge is 0.504 e. The second kappa shape index (κ2) is 10.9. The van der Waals surface area contributed by atoms with Crippen LogP contribution in [-0.2, 0) is 19.2 Å². The maximum absolute atomic E-state index is 14.2. The maximum atomic E-state index is 14.2. The quantitative estimate of drug-likeness (QED) is 0.177. The van der Waals surface area contributed by atoms with Crippen LogP contribution in [0.3, 0.4) is 0 Å². The van der Waals surface area contributed by atoms with Crippen LogP contribution < -0.4 is 14.5 Å². The molecule has 0 bridgehead atoms. The Hall–Kier alpha value is -5.92. The van der Waals surface area contributed by atoms with E-state index in [9.17, 15) is 44.5 Å². The molecular formula is C33H26N4O10. The number of rotatable bonds is 6. The van der Waals surface area contributed by atoms with Crippen LogP contribution in [0.15, 0.2) is 78.4 Å². The Morgan fingerprint density at radius 1 is 0.723 bits per heavy atom. The number of hydrogen-bond donors (Lipinski definition) is 1. The fraction of sp³-hybridized carbons (Fsp3) is 0.273. The summed E-state index contributed by atoms with van der Waals surface area (Å²) in [5.41, 5.74) is 1.27. The SMILES string of the molecule is COc1cc([C@H]2C3=CC[C@@H]4C(=O)N(c5ccc([N+](=O)[O-])cc5)C(=O)[C@@H]4[C@@H]3C[C@H]3C(=O)N(c4ccc([N+](=O)[O-])cc4)C(=O)[C@@H]23)ccc1O. The molecule has 3 aromatic rings. The van der Waals surface area contributed by atoms with E-state index < -0.39 is 69.0 Å². The Bertz CT molecular complexity index is 1920. The zero-order valence-corrected chi connectivity index (χ0v) is 24.7. The Kier molecular flexibility index (Phi) is 6.88. The number of hydrogen-bond acceptors (Lipinski definition) is 10. The average Bonchev–Trinajstić information content (AvgIpc) is 3.47. The van der Waals surface area contributed by atoms with Gasteiger partial charge in [0.15, 0.2) is 11.5 Å². The molecule has 3 aromatic carbocycles. The molecule has 7 rings (SSSR count). The van der Waals surface area contributed by atoms with Crippen molar-refractivity contribution in [3.05, 3.63) is 104 Å². The van der Waals surface area contributed by atoms with Crippen molar-refractivity contribution in [1.82, 2.24) is 0 Å². The molecule has 14 heteroatoms. The number of phenols is 1. The summed E-state index contributed by atoms with van der Waals surface area (Å²) >= 11 is 0. The number of nitro benzene ring substituents is 2. The number of phenolic OH excluding ortho intramolecular Hbond substituents is 1. The lowest BCUT2D eigenvalue weighted by Gasteiger charge is -2.44. The molecule has 4 aliphatic rings. The van der Waals surface area contributed by atoms with Crippen molar-refractivity contribution in [2.75, 3.05) is 16.9 Å². The molecular weight excluding hydrogens is 612 g/mol. The summed E-state index contributed by atoms with van der Waals surface area (Å²) in [7, 11) is 1.38. The Morgan fingerprint density at radius 3 is 1.79 bits per heavy atom. The Labute approximate surface area is 266 Å². The third-order valence-electron chi connectivity index (χ3n) is 9.85. The molecule has 0 aromatic heterocycles. The molecule has 0 spiro atoms. The van der Waals surface area contributed by atoms with Gasteiger partial charge in [0.2, 0.25) is 23.6 Å². The van der Waals surface area contributed by atoms with E-state index in [1.165, 1.54) is 61.7 Å². The number of allylic oxidation sites excluding steroid dienone is 2. The van der Waals surface area contributed by atoms with Crippen molar-refractivity contribution in [1.29, 1.82) is 0 Å². The van der Waals surface area contributed by atoms with Crippen LogP contribution in [0.5, 0.6) is 11.5 Å². The number of carbonyl (C=O) groups is 4. The first-order chi connectivity index (χ1) is 22.5. The molecule has 47 heavy (non-hydrogen) atoms. The van der Waals surface area contributed by atoms with Crippen LogP contribution in [0.2, 0.25) is 0 Å². The summed E-state index contributed by atoms with van der Waals surface area (Å²) < 4.78 is 5.35. The second-order valence-electron chi connectivity index (χ2n) is 12.0. The number of fused-ring (bicyclic) bond motifs is 4. The predicted octanol–water partition coefficient (Wildman–Crippen LogP) is 4.26. The Balaban J connectivity index is 1.31. The minimum absolute atomic E-state index is 0.102. The van der Waals surface area contributed by atoms with Crippen LogP contribution in [-0.4, -0.2) is 45.7 Å². The van der Waals surface area contributed by atoms with Gasteiger partial charge < -0.3 is 9.84 Å². The number of aromatic hydroxyl groups is 1. The molecule has 2 saturated heterocycles. The third kappa shape index (κ3) is 4.47. The van der Waals surface area contributed by atoms with Gasteiger partial charge in [0, 0.05) is 30.2 Å². The number of nitrogens with zero attached hydrogens (tertiary/aromatic N) is 4. The van der Waals surface area contributed by atoms with Gasteiger partial charge in [-0.3, -0.25) is 49.2 Å². The molecule has 2 aliphatic heterocycles. The lowest BCUT2D eigenvalue weighted by atomic mass is 9.57. The standard InChI is InChI=1S/C33H26N4O10/c1-47-26-14-16(2-13-25(26)38)27-21-11-12-22-28(32(41)34(30(22)39)17-3-7-19(8-4-17)36(43)44)23(21)15-24-29(27)33(42)35(31(24)40)18-5-9-20(10-6-18)37(45)46/h2-11,13-14,22-24,27-29,38H,12,15H2,1H3/t22-,23+,24+,27-,28-,29+/m0/s1. The van der Waals surface area contributed by atoms with Gasteiger partial charge in [-0.1, -0.05) is 17.7 Å². The number of anilines is 2. The predicted molar refractivity (Wildman–Crippen MR) is 163 cm³/mol. The summed E-state index contributed by atoms with van der Waals surface area (Å²) in [6.07, 6.45) is 2.16. The van der Waals surface area contributed by atoms with E-state index in [0.29, 0.717) is 5.56 Å². The Morgan fingerprint density at radius 2 is 1.26 bits per heavy atom. The molecule has 3 fully saturated rings. The van der Waals surface area contributed by atoms with E-state index in [2.05, 4.69) is 0 Å². The van der Waals surface area contributed by atoms with Crippen molar-refractivity contribution < 1.29 is 38.9 Å². The number of ether oxygens (including phenoxy) is 1. The van der Waals surface area contributed by atoms with E-state index in [1.54, 1.807) is 12.1 Å². The van der Waals surface area contributed by atoms with Gasteiger partial charge in [0.05, 0.1) is 52.0 Å². The maximum Gasteiger partial charge on any atom is 0.269 e. The van der Waals surface area contributed by atoms with E-state index in [0.717, 1.165) is 15.4 Å². The fourth-order valence-electron chi connectivity index (χ4n) is 7.81. The number of imide groups is 2. The fourth-order valence-corrected chi connectivity index (χ4v) is 7.81. The molecule has 0 unspecified atom stereocenters. The highest BCUT2D eigenvalue weighted by Gasteiger charge is 2.62. The molecule has 2 heterocycles. The van der Waals surface area contributed by atoms with E-state index in [1.807, 2.05) is 6.08 Å². The minimum Gasteiger partial charge on any atom is -0.504 e. The number of nitro groups is 2. The summed E-state index contributed by atoms with van der Waals surface area (Å²) in [5, 5.41) is 32.7. The van der Waals surface area contributed by atoms with Gasteiger partial charge in [-0.05, 0) is 60.7 Å². The highest BCUT2D eigenvalue weighted by molar-refractivity contribution is 6.24. The van der Waals surface area contributed by atoms with Gasteiger partial charge in [0.25, 0.3) is 11.4 Å². The lowest BCUT2D eigenvalue weighted by molar-refractivity contribution is -0.385. The zero-order valence-electron chi connectivity index (χ0n) is 24.7. The number of benzene rings is 3. The van der Waals surface area contributed by atoms with Gasteiger partial charge in [-0.2, -0.15) is 0 Å². The highest BCUT2D eigenvalue weighted by atomic mass is 16.6. The van der Waals surface area contributed by atoms with Crippen LogP contribution in [0, 0.1) is 49.8 Å². The zero-order chi connectivity index (χ0) is 33.3. The molecule has 2 aliphatic carbocycles. The molecule has 238 valence electrons. The molecule has 0 radical (unpaired) electrons. The lowest BCUT2D eigenvalue weighted by Crippen LogP contribution is -2.43. The highest BCUT2D eigenvalue weighted by Crippen LogP contribution is 2.59. The molecule has 14 nitrogen and oxygen atoms in total. The first kappa shape index (κ1) is 29.8. The van der Waals surface area contributed by atoms with Crippen molar-refractivity contribution in [2.45, 2.75) is 18.8 Å². The van der Waals surface area contributed by atoms with Gasteiger partial charge >= 0.3 is 0 Å². The first-order valence-electron chi connectivity index (χ1n) is 14.8. The third-order valence-corrected chi connectivity index (χ3v) is 9.85. The number of methoxy groups -OCH3 is 1. The molecule has 6 atom stereocenters. The first-order valence-corrected chi connectivity index (χ1v) is 14.8. The van der Waals surface area contributed by atoms with Gasteiger partial charge in [-0.15, -0.1) is 0 Å². The molecule has 1 saturated carbocycles. The van der Waals surface area contributed by atoms with E-state index >= 15 is 0 Å². The van der Waals surface area contributed by atoms with Crippen LogP contribution >= 0.6 is 0 Å². The summed E-state index contributed by atoms with van der Waals surface area (Å²) in [4.78, 5) is 79.4. The topological polar surface area (TPSA) is 190 Å². The second-order valence-corrected chi connectivity index (χ2v) is 12.0. The van der Waals surface area contributed by atoms with Crippen molar-refractivity contribution >= 4 is 46.4 Å². The molecule has 4 amide bonds. The average molecular weight is 639 g/mol. The minimum atomic E-state index is -0.899. The molecule has 1 N–H and O–H groups in total. The smallest absolute Gasteiger partial charge is 0.269 e. The monoisotopic (exact) mass is 638 g/mol. The van der Waals surface area contributed by atoms with Crippen LogP contribution in [0.1, 0.15) is 24.3 Å². The van der Waals surface area contributed by atoms with E-state index in [4.69, 9.17) is 4.74 Å². The summed E-state index contributed by atoms with van der Waals surface area (Å²) in [6.45, 7) is 0. The van der Waals surface area contributed by atoms with Crippen molar-refractivity contribution in [3.63, 3.8) is 0 Å². The van der Waals surface area contributed by atoms with Crippen molar-refractivity contribution in [3.8, 4) is 11.5 Å². The number of amides is 4. The van der Waals surface area contributed by atoms with Crippen molar-refractivity contribution in [2.24, 2.45) is 29.6 Å². The number of carbonyl (C=O) groups excluding carboxylic acids is 4. The van der Waals surface area contributed by atoms with E-state index in [-0.39, 0.29) is 47.1 Å². The van der Waals surface area contributed by atoms with Crippen LogP contribution in [0.25, 0.3) is 0 Å². The number of non-ortho nitro benzene ring substituents is 2. The normalized spacial score (nSPS) is 26.4. The summed E-state index contributed by atoms with van der Waals surface area (Å²) in [5.74, 6) is -6.65. The van der Waals surface area contributed by atoms with Crippen LogP contribution in [0.4, 0.5) is 22.7 Å². The van der Waals surface area contributed by atoms with Gasteiger partial charge in [-0.25, -0.2) is 0 Å². The summed E-state index contributed by atoms with van der Waals surface area (Å²) in [6, 6.07) is 14.9.